The van der Waals surface area contributed by atoms with Gasteiger partial charge in [0.25, 0.3) is 0 Å². The number of aryl methyl sites for hydroxylation is 2. The molecule has 0 spiro atoms. The van der Waals surface area contributed by atoms with Crippen molar-refractivity contribution in [1.82, 2.24) is 14.9 Å². The maximum atomic E-state index is 4.57. The molecule has 100 valence electrons. The van der Waals surface area contributed by atoms with Crippen molar-refractivity contribution in [3.05, 3.63) is 17.5 Å². The fourth-order valence-corrected chi connectivity index (χ4v) is 3.47. The second kappa shape index (κ2) is 5.45. The number of nitrogens with zero attached hydrogens (tertiary/aromatic N) is 4. The van der Waals surface area contributed by atoms with Crippen molar-refractivity contribution in [2.24, 2.45) is 0 Å². The Kier molecular flexibility index (Phi) is 4.12. The highest BCUT2D eigenvalue weighted by atomic mass is 32.2. The van der Waals surface area contributed by atoms with Crippen LogP contribution in [0.15, 0.2) is 6.07 Å². The van der Waals surface area contributed by atoms with E-state index in [0.29, 0.717) is 11.3 Å². The van der Waals surface area contributed by atoms with Gasteiger partial charge in [0.15, 0.2) is 0 Å². The number of hydrogen-bond acceptors (Lipinski definition) is 5. The molecule has 0 aliphatic carbocycles. The standard InChI is InChI=1S/C13H22N4S/c1-9-6-10(2)15-13(14-9)17-7-11(16(3)4)12(8-17)18-5/h6,11-12H,7-8H2,1-5H3/t11-,12+/m1/s1. The van der Waals surface area contributed by atoms with Gasteiger partial charge in [-0.3, -0.25) is 0 Å². The molecule has 1 aromatic heterocycles. The molecular weight excluding hydrogens is 244 g/mol. The fraction of sp³-hybridized carbons (Fsp3) is 0.692. The molecule has 0 N–H and O–H groups in total. The third kappa shape index (κ3) is 2.78. The molecule has 0 amide bonds. The Labute approximate surface area is 114 Å². The Bertz CT molecular complexity index is 401. The number of likely N-dealkylation sites (N-methyl/N-ethyl adjacent to an activating group) is 1. The first-order chi connectivity index (χ1) is 8.51. The highest BCUT2D eigenvalue weighted by Gasteiger charge is 2.34. The van der Waals surface area contributed by atoms with Gasteiger partial charge >= 0.3 is 0 Å². The average Bonchev–Trinajstić information content (AvgIpc) is 2.71. The third-order valence-electron chi connectivity index (χ3n) is 3.46. The van der Waals surface area contributed by atoms with Crippen LogP contribution in [0.1, 0.15) is 11.4 Å². The molecule has 0 bridgehead atoms. The Morgan fingerprint density at radius 1 is 1.22 bits per heavy atom. The van der Waals surface area contributed by atoms with Crippen LogP contribution in [0.3, 0.4) is 0 Å². The van der Waals surface area contributed by atoms with Crippen molar-refractivity contribution in [2.75, 3.05) is 38.3 Å². The topological polar surface area (TPSA) is 32.3 Å². The summed E-state index contributed by atoms with van der Waals surface area (Å²) < 4.78 is 0. The van der Waals surface area contributed by atoms with Gasteiger partial charge in [-0.1, -0.05) is 0 Å². The molecule has 1 aliphatic heterocycles. The number of anilines is 1. The van der Waals surface area contributed by atoms with Gasteiger partial charge in [0, 0.05) is 35.8 Å². The van der Waals surface area contributed by atoms with Crippen LogP contribution < -0.4 is 4.90 Å². The van der Waals surface area contributed by atoms with Gasteiger partial charge in [0.05, 0.1) is 0 Å². The quantitative estimate of drug-likeness (QED) is 0.829. The first-order valence-corrected chi connectivity index (χ1v) is 7.56. The number of thioether (sulfide) groups is 1. The molecule has 5 heteroatoms. The van der Waals surface area contributed by atoms with E-state index < -0.39 is 0 Å². The second-order valence-corrected chi connectivity index (χ2v) is 6.24. The van der Waals surface area contributed by atoms with Crippen LogP contribution in [0, 0.1) is 13.8 Å². The van der Waals surface area contributed by atoms with Gasteiger partial charge < -0.3 is 9.80 Å². The van der Waals surface area contributed by atoms with Gasteiger partial charge in [-0.05, 0) is 40.3 Å². The molecule has 1 aromatic rings. The van der Waals surface area contributed by atoms with E-state index in [1.807, 2.05) is 31.7 Å². The molecule has 2 heterocycles. The summed E-state index contributed by atoms with van der Waals surface area (Å²) in [6.45, 7) is 6.11. The zero-order valence-corrected chi connectivity index (χ0v) is 12.7. The molecule has 2 rings (SSSR count). The minimum Gasteiger partial charge on any atom is -0.338 e. The normalized spacial score (nSPS) is 24.0. The van der Waals surface area contributed by atoms with Gasteiger partial charge in [-0.15, -0.1) is 0 Å². The summed E-state index contributed by atoms with van der Waals surface area (Å²) in [4.78, 5) is 13.8. The predicted molar refractivity (Wildman–Crippen MR) is 78.5 cm³/mol. The van der Waals surface area contributed by atoms with E-state index in [2.05, 4.69) is 40.1 Å². The maximum absolute atomic E-state index is 4.57. The van der Waals surface area contributed by atoms with E-state index in [4.69, 9.17) is 0 Å². The molecule has 0 saturated carbocycles. The van der Waals surface area contributed by atoms with Gasteiger partial charge in [0.2, 0.25) is 5.95 Å². The molecule has 0 aromatic carbocycles. The van der Waals surface area contributed by atoms with Crippen molar-refractivity contribution >= 4 is 17.7 Å². The lowest BCUT2D eigenvalue weighted by Gasteiger charge is -2.23. The van der Waals surface area contributed by atoms with Gasteiger partial charge in [-0.25, -0.2) is 9.97 Å². The summed E-state index contributed by atoms with van der Waals surface area (Å²) in [5.41, 5.74) is 2.10. The van der Waals surface area contributed by atoms with E-state index in [0.717, 1.165) is 30.4 Å². The first kappa shape index (κ1) is 13.6. The Balaban J connectivity index is 2.20. The minimum atomic E-state index is 0.574. The summed E-state index contributed by atoms with van der Waals surface area (Å²) in [5, 5.41) is 0.629. The smallest absolute Gasteiger partial charge is 0.225 e. The molecule has 0 radical (unpaired) electrons. The first-order valence-electron chi connectivity index (χ1n) is 6.27. The Hall–Kier alpha value is -0.810. The average molecular weight is 266 g/mol. The van der Waals surface area contributed by atoms with Crippen LogP contribution in [0.5, 0.6) is 0 Å². The molecule has 2 atom stereocenters. The molecule has 4 nitrogen and oxygen atoms in total. The summed E-state index contributed by atoms with van der Waals surface area (Å²) in [7, 11) is 4.31. The van der Waals surface area contributed by atoms with Crippen LogP contribution in [0.4, 0.5) is 5.95 Å². The highest BCUT2D eigenvalue weighted by Crippen LogP contribution is 2.26. The van der Waals surface area contributed by atoms with Crippen molar-refractivity contribution in [3.8, 4) is 0 Å². The van der Waals surface area contributed by atoms with Crippen molar-refractivity contribution in [1.29, 1.82) is 0 Å². The lowest BCUT2D eigenvalue weighted by atomic mass is 10.2. The van der Waals surface area contributed by atoms with Crippen LogP contribution in [0.2, 0.25) is 0 Å². The van der Waals surface area contributed by atoms with Crippen molar-refractivity contribution in [2.45, 2.75) is 25.1 Å². The highest BCUT2D eigenvalue weighted by molar-refractivity contribution is 7.99. The van der Waals surface area contributed by atoms with Crippen LogP contribution in [-0.4, -0.2) is 59.6 Å². The molecule has 1 fully saturated rings. The zero-order chi connectivity index (χ0) is 13.3. The molecular formula is C13H22N4S. The summed E-state index contributed by atoms with van der Waals surface area (Å²) >= 11 is 1.94. The SMILES string of the molecule is CS[C@H]1CN(c2nc(C)cc(C)n2)C[C@H]1N(C)C. The number of rotatable bonds is 3. The van der Waals surface area contributed by atoms with E-state index in [-0.39, 0.29) is 0 Å². The van der Waals surface area contributed by atoms with E-state index in [1.165, 1.54) is 0 Å². The summed E-state index contributed by atoms with van der Waals surface area (Å²) in [5.74, 6) is 0.885. The molecule has 18 heavy (non-hydrogen) atoms. The largest absolute Gasteiger partial charge is 0.338 e. The predicted octanol–water partition coefficient (Wildman–Crippen LogP) is 1.58. The maximum Gasteiger partial charge on any atom is 0.225 e. The van der Waals surface area contributed by atoms with Crippen molar-refractivity contribution in [3.63, 3.8) is 0 Å². The monoisotopic (exact) mass is 266 g/mol. The Morgan fingerprint density at radius 3 is 2.28 bits per heavy atom. The number of aromatic nitrogens is 2. The minimum absolute atomic E-state index is 0.574. The molecule has 0 unspecified atom stereocenters. The lowest BCUT2D eigenvalue weighted by molar-refractivity contribution is 0.320. The van der Waals surface area contributed by atoms with Crippen LogP contribution >= 0.6 is 11.8 Å². The van der Waals surface area contributed by atoms with Crippen LogP contribution in [0.25, 0.3) is 0 Å². The van der Waals surface area contributed by atoms with E-state index >= 15 is 0 Å². The second-order valence-electron chi connectivity index (χ2n) is 5.16. The third-order valence-corrected chi connectivity index (χ3v) is 4.53. The summed E-state index contributed by atoms with van der Waals surface area (Å²) in [6.07, 6.45) is 2.19. The Morgan fingerprint density at radius 2 is 1.83 bits per heavy atom. The molecule has 1 saturated heterocycles. The van der Waals surface area contributed by atoms with E-state index in [9.17, 15) is 0 Å². The summed E-state index contributed by atoms with van der Waals surface area (Å²) in [6, 6.07) is 2.60. The number of hydrogen-bond donors (Lipinski definition) is 0. The van der Waals surface area contributed by atoms with Crippen LogP contribution in [-0.2, 0) is 0 Å². The fourth-order valence-electron chi connectivity index (χ4n) is 2.50. The van der Waals surface area contributed by atoms with Gasteiger partial charge in [0.1, 0.15) is 0 Å². The zero-order valence-electron chi connectivity index (χ0n) is 11.8. The molecule has 1 aliphatic rings. The van der Waals surface area contributed by atoms with Gasteiger partial charge in [-0.2, -0.15) is 11.8 Å². The van der Waals surface area contributed by atoms with Crippen molar-refractivity contribution < 1.29 is 0 Å². The van der Waals surface area contributed by atoms with E-state index in [1.54, 1.807) is 0 Å². The lowest BCUT2D eigenvalue weighted by Crippen LogP contribution is -2.36.